The quantitative estimate of drug-likeness (QED) is 0.516. The van der Waals surface area contributed by atoms with Gasteiger partial charge < -0.3 is 25.2 Å². The Morgan fingerprint density at radius 2 is 1.94 bits per heavy atom. The van der Waals surface area contributed by atoms with Crippen molar-refractivity contribution < 1.29 is 24.2 Å². The molecule has 0 saturated heterocycles. The van der Waals surface area contributed by atoms with Gasteiger partial charge in [0.2, 0.25) is 0 Å². The van der Waals surface area contributed by atoms with Crippen molar-refractivity contribution in [1.29, 1.82) is 0 Å². The summed E-state index contributed by atoms with van der Waals surface area (Å²) in [5.74, 6) is -1.03. The third-order valence-electron chi connectivity index (χ3n) is 1.97. The Morgan fingerprint density at radius 1 is 1.28 bits per heavy atom. The van der Waals surface area contributed by atoms with Gasteiger partial charge in [-0.3, -0.25) is 0 Å². The smallest absolute Gasteiger partial charge is 0.329 e. The summed E-state index contributed by atoms with van der Waals surface area (Å²) in [7, 11) is 0. The molecule has 0 aromatic carbocycles. The van der Waals surface area contributed by atoms with E-state index < -0.39 is 11.6 Å². The molecule has 0 aromatic rings. The molecule has 2 amide bonds. The van der Waals surface area contributed by atoms with Gasteiger partial charge in [-0.25, -0.2) is 9.59 Å². The number of carbonyl (C=O) groups excluding carboxylic acids is 1. The van der Waals surface area contributed by atoms with E-state index in [0.717, 1.165) is 0 Å². The molecule has 0 aromatic heterocycles. The standard InChI is InChI=1S/C11H22N2O5/c1-4-18-11(2,3)8-13-10(16)12-5-6-17-7-9(14)15/h4-8H2,1-3H3,(H,14,15)(H2,12,13,16). The van der Waals surface area contributed by atoms with Crippen molar-refractivity contribution in [3.63, 3.8) is 0 Å². The first-order chi connectivity index (χ1) is 8.37. The fourth-order valence-electron chi connectivity index (χ4n) is 1.19. The van der Waals surface area contributed by atoms with Crippen molar-refractivity contribution in [3.05, 3.63) is 0 Å². The van der Waals surface area contributed by atoms with Crippen molar-refractivity contribution in [2.75, 3.05) is 32.9 Å². The molecule has 0 aliphatic rings. The summed E-state index contributed by atoms with van der Waals surface area (Å²) < 4.78 is 10.2. The van der Waals surface area contributed by atoms with E-state index in [1.807, 2.05) is 20.8 Å². The third-order valence-corrected chi connectivity index (χ3v) is 1.97. The maximum absolute atomic E-state index is 11.3. The zero-order valence-electron chi connectivity index (χ0n) is 11.1. The van der Waals surface area contributed by atoms with Gasteiger partial charge in [0, 0.05) is 19.7 Å². The molecule has 0 aliphatic heterocycles. The van der Waals surface area contributed by atoms with Crippen LogP contribution in [-0.4, -0.2) is 55.6 Å². The molecule has 18 heavy (non-hydrogen) atoms. The number of carboxylic acid groups (broad SMARTS) is 1. The van der Waals surface area contributed by atoms with Crippen LogP contribution in [0.25, 0.3) is 0 Å². The highest BCUT2D eigenvalue weighted by molar-refractivity contribution is 5.73. The monoisotopic (exact) mass is 262 g/mol. The molecular formula is C11H22N2O5. The van der Waals surface area contributed by atoms with E-state index in [1.165, 1.54) is 0 Å². The van der Waals surface area contributed by atoms with E-state index in [4.69, 9.17) is 14.6 Å². The zero-order chi connectivity index (χ0) is 14.0. The van der Waals surface area contributed by atoms with Crippen LogP contribution in [0.5, 0.6) is 0 Å². The van der Waals surface area contributed by atoms with Crippen molar-refractivity contribution in [1.82, 2.24) is 10.6 Å². The van der Waals surface area contributed by atoms with Gasteiger partial charge >= 0.3 is 12.0 Å². The molecule has 0 fully saturated rings. The minimum Gasteiger partial charge on any atom is -0.480 e. The summed E-state index contributed by atoms with van der Waals surface area (Å²) in [6.45, 7) is 6.69. The first kappa shape index (κ1) is 16.7. The van der Waals surface area contributed by atoms with Gasteiger partial charge in [-0.05, 0) is 20.8 Å². The maximum Gasteiger partial charge on any atom is 0.329 e. The Kier molecular flexibility index (Phi) is 8.06. The summed E-state index contributed by atoms with van der Waals surface area (Å²) in [5.41, 5.74) is -0.411. The molecule has 0 spiro atoms. The zero-order valence-corrected chi connectivity index (χ0v) is 11.1. The molecule has 7 nitrogen and oxygen atoms in total. The second-order valence-electron chi connectivity index (χ2n) is 4.25. The number of aliphatic carboxylic acids is 1. The van der Waals surface area contributed by atoms with Crippen LogP contribution in [0.15, 0.2) is 0 Å². The maximum atomic E-state index is 11.3. The first-order valence-corrected chi connectivity index (χ1v) is 5.82. The second-order valence-corrected chi connectivity index (χ2v) is 4.25. The lowest BCUT2D eigenvalue weighted by molar-refractivity contribution is -0.142. The number of amides is 2. The highest BCUT2D eigenvalue weighted by Crippen LogP contribution is 2.06. The van der Waals surface area contributed by atoms with Crippen molar-refractivity contribution in [2.45, 2.75) is 26.4 Å². The topological polar surface area (TPSA) is 96.9 Å². The Balaban J connectivity index is 3.57. The predicted molar refractivity (Wildman–Crippen MR) is 65.6 cm³/mol. The molecule has 0 atom stereocenters. The van der Waals surface area contributed by atoms with Crippen molar-refractivity contribution in [3.8, 4) is 0 Å². The highest BCUT2D eigenvalue weighted by Gasteiger charge is 2.18. The van der Waals surface area contributed by atoms with Crippen LogP contribution in [0.2, 0.25) is 0 Å². The summed E-state index contributed by atoms with van der Waals surface area (Å²) in [5, 5.41) is 13.5. The van der Waals surface area contributed by atoms with Crippen LogP contribution in [0.4, 0.5) is 4.79 Å². The number of hydrogen-bond acceptors (Lipinski definition) is 4. The fraction of sp³-hybridized carbons (Fsp3) is 0.818. The SMILES string of the molecule is CCOC(C)(C)CNC(=O)NCCOCC(=O)O. The van der Waals surface area contributed by atoms with Gasteiger partial charge in [0.1, 0.15) is 6.61 Å². The second kappa shape index (κ2) is 8.71. The van der Waals surface area contributed by atoms with E-state index in [2.05, 4.69) is 10.6 Å². The van der Waals surface area contributed by atoms with E-state index in [-0.39, 0.29) is 25.8 Å². The van der Waals surface area contributed by atoms with Crippen molar-refractivity contribution in [2.24, 2.45) is 0 Å². The van der Waals surface area contributed by atoms with Gasteiger partial charge in [-0.2, -0.15) is 0 Å². The molecule has 0 unspecified atom stereocenters. The number of carboxylic acids is 1. The molecule has 0 saturated carbocycles. The average molecular weight is 262 g/mol. The van der Waals surface area contributed by atoms with Gasteiger partial charge in [-0.1, -0.05) is 0 Å². The van der Waals surface area contributed by atoms with E-state index in [1.54, 1.807) is 0 Å². The molecule has 7 heteroatoms. The van der Waals surface area contributed by atoms with Crippen LogP contribution in [-0.2, 0) is 14.3 Å². The minimum atomic E-state index is -1.03. The molecule has 0 heterocycles. The number of rotatable bonds is 9. The van der Waals surface area contributed by atoms with E-state index >= 15 is 0 Å². The van der Waals surface area contributed by atoms with E-state index in [9.17, 15) is 9.59 Å². The van der Waals surface area contributed by atoms with Crippen LogP contribution in [0.1, 0.15) is 20.8 Å². The average Bonchev–Trinajstić information content (AvgIpc) is 2.25. The Hall–Kier alpha value is -1.34. The molecule has 106 valence electrons. The number of urea groups is 1. The molecule has 0 radical (unpaired) electrons. The Bertz CT molecular complexity index is 268. The molecular weight excluding hydrogens is 240 g/mol. The minimum absolute atomic E-state index is 0.161. The number of nitrogens with one attached hydrogen (secondary N) is 2. The van der Waals surface area contributed by atoms with Crippen LogP contribution in [0.3, 0.4) is 0 Å². The largest absolute Gasteiger partial charge is 0.480 e. The van der Waals surface area contributed by atoms with Gasteiger partial charge in [0.25, 0.3) is 0 Å². The molecule has 0 bridgehead atoms. The fourth-order valence-corrected chi connectivity index (χ4v) is 1.19. The number of hydrogen-bond donors (Lipinski definition) is 3. The lowest BCUT2D eigenvalue weighted by Gasteiger charge is -2.24. The summed E-state index contributed by atoms with van der Waals surface area (Å²) in [6.07, 6.45) is 0. The first-order valence-electron chi connectivity index (χ1n) is 5.82. The summed E-state index contributed by atoms with van der Waals surface area (Å²) in [6, 6.07) is -0.332. The van der Waals surface area contributed by atoms with Crippen LogP contribution in [0, 0.1) is 0 Å². The number of carbonyl (C=O) groups is 2. The molecule has 0 aliphatic carbocycles. The summed E-state index contributed by atoms with van der Waals surface area (Å²) in [4.78, 5) is 21.5. The van der Waals surface area contributed by atoms with Crippen molar-refractivity contribution >= 4 is 12.0 Å². The highest BCUT2D eigenvalue weighted by atomic mass is 16.5. The third kappa shape index (κ3) is 9.86. The lowest BCUT2D eigenvalue weighted by atomic mass is 10.1. The molecule has 0 rings (SSSR count). The Morgan fingerprint density at radius 3 is 2.50 bits per heavy atom. The number of ether oxygens (including phenoxy) is 2. The molecule has 3 N–H and O–H groups in total. The van der Waals surface area contributed by atoms with Gasteiger partial charge in [-0.15, -0.1) is 0 Å². The Labute approximate surface area is 107 Å². The summed E-state index contributed by atoms with van der Waals surface area (Å²) >= 11 is 0. The van der Waals surface area contributed by atoms with E-state index in [0.29, 0.717) is 13.2 Å². The normalized spacial score (nSPS) is 11.1. The van der Waals surface area contributed by atoms with Crippen LogP contribution >= 0.6 is 0 Å². The van der Waals surface area contributed by atoms with Crippen LogP contribution < -0.4 is 10.6 Å². The predicted octanol–water partition coefficient (Wildman–Crippen LogP) is 0.202. The van der Waals surface area contributed by atoms with Gasteiger partial charge in [0.05, 0.1) is 12.2 Å². The van der Waals surface area contributed by atoms with Gasteiger partial charge in [0.15, 0.2) is 0 Å². The lowest BCUT2D eigenvalue weighted by Crippen LogP contribution is -2.45.